The van der Waals surface area contributed by atoms with Crippen LogP contribution in [0.1, 0.15) is 37.3 Å². The van der Waals surface area contributed by atoms with E-state index in [-0.39, 0.29) is 0 Å². The van der Waals surface area contributed by atoms with E-state index in [4.69, 9.17) is 11.6 Å². The second-order valence-corrected chi connectivity index (χ2v) is 6.06. The number of hydrogen-bond acceptors (Lipinski definition) is 2. The van der Waals surface area contributed by atoms with Crippen molar-refractivity contribution in [2.45, 2.75) is 31.7 Å². The van der Waals surface area contributed by atoms with E-state index in [0.717, 1.165) is 29.8 Å². The van der Waals surface area contributed by atoms with Crippen molar-refractivity contribution in [3.8, 4) is 0 Å². The number of aromatic nitrogens is 3. The lowest BCUT2D eigenvalue weighted by Gasteiger charge is -2.36. The van der Waals surface area contributed by atoms with E-state index in [1.807, 2.05) is 28.9 Å². The van der Waals surface area contributed by atoms with Crippen molar-refractivity contribution < 1.29 is 0 Å². The van der Waals surface area contributed by atoms with E-state index in [2.05, 4.69) is 47.3 Å². The molecule has 0 aliphatic carbocycles. The molecule has 2 aromatic carbocycles. The molecule has 0 N–H and O–H groups in total. The van der Waals surface area contributed by atoms with Gasteiger partial charge in [-0.3, -0.25) is 0 Å². The topological polar surface area (TPSA) is 30.7 Å². The molecule has 118 valence electrons. The molecule has 1 atom stereocenters. The van der Waals surface area contributed by atoms with Crippen LogP contribution in [-0.4, -0.2) is 14.8 Å². The molecule has 0 fully saturated rings. The predicted octanol–water partition coefficient (Wildman–Crippen LogP) is 4.91. The average molecular weight is 326 g/mol. The second kappa shape index (κ2) is 6.97. The van der Waals surface area contributed by atoms with Crippen LogP contribution in [0.3, 0.4) is 0 Å². The van der Waals surface area contributed by atoms with Crippen LogP contribution in [0.15, 0.2) is 67.3 Å². The van der Waals surface area contributed by atoms with Gasteiger partial charge in [0.1, 0.15) is 18.2 Å². The first kappa shape index (κ1) is 15.8. The number of rotatable bonds is 6. The maximum Gasteiger partial charge on any atom is 0.137 e. The zero-order chi connectivity index (χ0) is 16.1. The number of hydrogen-bond donors (Lipinski definition) is 0. The lowest BCUT2D eigenvalue weighted by molar-refractivity contribution is 0.348. The minimum atomic E-state index is -0.438. The molecule has 1 heterocycles. The molecule has 4 heteroatoms. The number of unbranched alkanes of at least 4 members (excludes halogenated alkanes) is 1. The summed E-state index contributed by atoms with van der Waals surface area (Å²) < 4.78 is 1.94. The summed E-state index contributed by atoms with van der Waals surface area (Å²) in [6.45, 7) is 2.20. The number of nitrogens with zero attached hydrogens (tertiary/aromatic N) is 3. The highest BCUT2D eigenvalue weighted by Crippen LogP contribution is 2.41. The summed E-state index contributed by atoms with van der Waals surface area (Å²) in [5, 5.41) is 5.24. The molecule has 0 radical (unpaired) electrons. The molecule has 3 nitrogen and oxygen atoms in total. The second-order valence-electron chi connectivity index (χ2n) is 5.65. The molecular weight excluding hydrogens is 306 g/mol. The Morgan fingerprint density at radius 3 is 2.43 bits per heavy atom. The molecule has 0 spiro atoms. The van der Waals surface area contributed by atoms with Crippen LogP contribution >= 0.6 is 11.6 Å². The Labute approximate surface area is 142 Å². The van der Waals surface area contributed by atoms with Gasteiger partial charge in [0.05, 0.1) is 0 Å². The van der Waals surface area contributed by atoms with Crippen molar-refractivity contribution in [3.63, 3.8) is 0 Å². The van der Waals surface area contributed by atoms with Crippen LogP contribution in [0.2, 0.25) is 5.02 Å². The fourth-order valence-corrected chi connectivity index (χ4v) is 3.45. The maximum absolute atomic E-state index is 6.59. The maximum atomic E-state index is 6.59. The molecule has 23 heavy (non-hydrogen) atoms. The quantitative estimate of drug-likeness (QED) is 0.644. The summed E-state index contributed by atoms with van der Waals surface area (Å²) in [5.74, 6) is 0. The van der Waals surface area contributed by atoms with Gasteiger partial charge in [-0.2, -0.15) is 5.10 Å². The summed E-state index contributed by atoms with van der Waals surface area (Å²) in [6, 6.07) is 18.5. The predicted molar refractivity (Wildman–Crippen MR) is 93.6 cm³/mol. The SMILES string of the molecule is CCCCC(c1ccccc1)(c1ccccc1Cl)n1cncn1. The van der Waals surface area contributed by atoms with Crippen molar-refractivity contribution in [1.82, 2.24) is 14.8 Å². The number of halogens is 1. The van der Waals surface area contributed by atoms with Crippen molar-refractivity contribution >= 4 is 11.6 Å². The summed E-state index contributed by atoms with van der Waals surface area (Å²) >= 11 is 6.59. The van der Waals surface area contributed by atoms with Crippen LogP contribution in [0.4, 0.5) is 0 Å². The summed E-state index contributed by atoms with van der Waals surface area (Å²) in [4.78, 5) is 4.19. The first-order valence-electron chi connectivity index (χ1n) is 7.94. The van der Waals surface area contributed by atoms with Gasteiger partial charge in [0.2, 0.25) is 0 Å². The zero-order valence-corrected chi connectivity index (χ0v) is 13.9. The highest BCUT2D eigenvalue weighted by atomic mass is 35.5. The monoisotopic (exact) mass is 325 g/mol. The molecule has 0 saturated carbocycles. The molecule has 1 aromatic heterocycles. The molecule has 0 saturated heterocycles. The third-order valence-corrected chi connectivity index (χ3v) is 4.60. The van der Waals surface area contributed by atoms with Crippen LogP contribution in [0, 0.1) is 0 Å². The Morgan fingerprint density at radius 1 is 1.04 bits per heavy atom. The highest BCUT2D eigenvalue weighted by Gasteiger charge is 2.38. The van der Waals surface area contributed by atoms with E-state index in [1.54, 1.807) is 12.7 Å². The van der Waals surface area contributed by atoms with E-state index < -0.39 is 5.54 Å². The van der Waals surface area contributed by atoms with Gasteiger partial charge in [-0.05, 0) is 18.1 Å². The normalized spacial score (nSPS) is 13.7. The molecule has 0 aliphatic rings. The van der Waals surface area contributed by atoms with E-state index >= 15 is 0 Å². The summed E-state index contributed by atoms with van der Waals surface area (Å²) in [6.07, 6.45) is 6.46. The molecule has 3 rings (SSSR count). The first-order valence-corrected chi connectivity index (χ1v) is 8.32. The standard InChI is InChI=1S/C19H20ClN3/c1-2-3-13-19(23-15-21-14-22-23,16-9-5-4-6-10-16)17-11-7-8-12-18(17)20/h4-12,14-15H,2-3,13H2,1H3. The van der Waals surface area contributed by atoms with Gasteiger partial charge in [-0.15, -0.1) is 0 Å². The van der Waals surface area contributed by atoms with Crippen molar-refractivity contribution in [2.75, 3.05) is 0 Å². The van der Waals surface area contributed by atoms with E-state index in [1.165, 1.54) is 5.56 Å². The molecule has 0 amide bonds. The van der Waals surface area contributed by atoms with Gasteiger partial charge in [-0.1, -0.05) is 79.9 Å². The Hall–Kier alpha value is -2.13. The lowest BCUT2D eigenvalue weighted by atomic mass is 9.79. The molecule has 3 aromatic rings. The van der Waals surface area contributed by atoms with Crippen LogP contribution in [0.5, 0.6) is 0 Å². The molecular formula is C19H20ClN3. The Kier molecular flexibility index (Phi) is 4.77. The van der Waals surface area contributed by atoms with Crippen LogP contribution < -0.4 is 0 Å². The van der Waals surface area contributed by atoms with Gasteiger partial charge < -0.3 is 0 Å². The van der Waals surface area contributed by atoms with Gasteiger partial charge in [0, 0.05) is 10.6 Å². The van der Waals surface area contributed by atoms with Gasteiger partial charge in [-0.25, -0.2) is 9.67 Å². The van der Waals surface area contributed by atoms with E-state index in [9.17, 15) is 0 Å². The Bertz CT molecular complexity index is 740. The smallest absolute Gasteiger partial charge is 0.137 e. The lowest BCUT2D eigenvalue weighted by Crippen LogP contribution is -2.37. The largest absolute Gasteiger partial charge is 0.238 e. The minimum absolute atomic E-state index is 0.438. The summed E-state index contributed by atoms with van der Waals surface area (Å²) in [5.41, 5.74) is 1.80. The fourth-order valence-electron chi connectivity index (χ4n) is 3.15. The van der Waals surface area contributed by atoms with Crippen LogP contribution in [0.25, 0.3) is 0 Å². The molecule has 0 aliphatic heterocycles. The fraction of sp³-hybridized carbons (Fsp3) is 0.263. The van der Waals surface area contributed by atoms with Crippen molar-refractivity contribution in [2.24, 2.45) is 0 Å². The van der Waals surface area contributed by atoms with Crippen molar-refractivity contribution in [1.29, 1.82) is 0 Å². The number of benzene rings is 2. The average Bonchev–Trinajstić information content (AvgIpc) is 3.13. The molecule has 0 bridgehead atoms. The van der Waals surface area contributed by atoms with Gasteiger partial charge in [0.15, 0.2) is 0 Å². The Morgan fingerprint density at radius 2 is 1.78 bits per heavy atom. The van der Waals surface area contributed by atoms with Gasteiger partial charge >= 0.3 is 0 Å². The summed E-state index contributed by atoms with van der Waals surface area (Å²) in [7, 11) is 0. The van der Waals surface area contributed by atoms with Crippen LogP contribution in [-0.2, 0) is 5.54 Å². The third-order valence-electron chi connectivity index (χ3n) is 4.27. The Balaban J connectivity index is 2.28. The molecule has 1 unspecified atom stereocenters. The minimum Gasteiger partial charge on any atom is -0.238 e. The van der Waals surface area contributed by atoms with Crippen molar-refractivity contribution in [3.05, 3.63) is 83.4 Å². The third kappa shape index (κ3) is 2.89. The van der Waals surface area contributed by atoms with Gasteiger partial charge in [0.25, 0.3) is 0 Å². The highest BCUT2D eigenvalue weighted by molar-refractivity contribution is 6.31. The zero-order valence-electron chi connectivity index (χ0n) is 13.2. The first-order chi connectivity index (χ1) is 11.3. The van der Waals surface area contributed by atoms with E-state index in [0.29, 0.717) is 0 Å².